The monoisotopic (exact) mass is 421 g/mol. The molecular weight excluding hydrogens is 392 g/mol. The van der Waals surface area contributed by atoms with E-state index < -0.39 is 0 Å². The number of hydrogen-bond acceptors (Lipinski definition) is 5. The van der Waals surface area contributed by atoms with Crippen LogP contribution in [0.15, 0.2) is 42.5 Å². The zero-order chi connectivity index (χ0) is 22.0. The number of nitrogens with one attached hydrogen (secondary N) is 1. The molecule has 1 aliphatic heterocycles. The SMILES string of the molecule is COC(=O)c1c(C[NH+]2CCC[C@H]2c2cc(OC)ccc2OC)nc2ccccc2c1C. The molecule has 1 aliphatic rings. The van der Waals surface area contributed by atoms with Gasteiger partial charge in [-0.3, -0.25) is 0 Å². The minimum absolute atomic E-state index is 0.240. The molecule has 2 aromatic carbocycles. The first kappa shape index (κ1) is 21.1. The molecular formula is C25H29N2O4+. The Morgan fingerprint density at radius 2 is 1.94 bits per heavy atom. The van der Waals surface area contributed by atoms with Crippen molar-refractivity contribution in [2.75, 3.05) is 27.9 Å². The molecule has 4 rings (SSSR count). The van der Waals surface area contributed by atoms with Crippen molar-refractivity contribution in [2.24, 2.45) is 0 Å². The second-order valence-electron chi connectivity index (χ2n) is 7.95. The van der Waals surface area contributed by atoms with Gasteiger partial charge in [0.1, 0.15) is 29.8 Å². The summed E-state index contributed by atoms with van der Waals surface area (Å²) < 4.78 is 16.2. The number of carbonyl (C=O) groups excluding carboxylic acids is 1. The van der Waals surface area contributed by atoms with Gasteiger partial charge in [0.2, 0.25) is 0 Å². The Labute approximate surface area is 182 Å². The first-order chi connectivity index (χ1) is 15.1. The molecule has 6 heteroatoms. The number of quaternary nitrogens is 1. The van der Waals surface area contributed by atoms with Crippen LogP contribution in [0.5, 0.6) is 11.5 Å². The zero-order valence-electron chi connectivity index (χ0n) is 18.5. The van der Waals surface area contributed by atoms with E-state index in [1.54, 1.807) is 14.2 Å². The molecule has 6 nitrogen and oxygen atoms in total. The number of para-hydroxylation sites is 1. The van der Waals surface area contributed by atoms with Crippen LogP contribution in [0.3, 0.4) is 0 Å². The molecule has 1 fully saturated rings. The first-order valence-corrected chi connectivity index (χ1v) is 10.6. The van der Waals surface area contributed by atoms with Gasteiger partial charge in [-0.15, -0.1) is 0 Å². The summed E-state index contributed by atoms with van der Waals surface area (Å²) in [5.74, 6) is 1.35. The maximum absolute atomic E-state index is 12.7. The van der Waals surface area contributed by atoms with Crippen LogP contribution in [0.4, 0.5) is 0 Å². The summed E-state index contributed by atoms with van der Waals surface area (Å²) in [6.45, 7) is 3.61. The molecule has 0 bridgehead atoms. The molecule has 0 aliphatic carbocycles. The van der Waals surface area contributed by atoms with E-state index in [0.29, 0.717) is 12.1 Å². The van der Waals surface area contributed by atoms with E-state index in [2.05, 4.69) is 6.07 Å². The lowest BCUT2D eigenvalue weighted by Gasteiger charge is -2.24. The predicted molar refractivity (Wildman–Crippen MR) is 119 cm³/mol. The van der Waals surface area contributed by atoms with Gasteiger partial charge in [0.25, 0.3) is 0 Å². The Bertz CT molecular complexity index is 1110. The first-order valence-electron chi connectivity index (χ1n) is 10.6. The van der Waals surface area contributed by atoms with Crippen molar-refractivity contribution < 1.29 is 23.9 Å². The zero-order valence-corrected chi connectivity index (χ0v) is 18.5. The lowest BCUT2D eigenvalue weighted by Crippen LogP contribution is -3.09. The Balaban J connectivity index is 1.76. The van der Waals surface area contributed by atoms with Gasteiger partial charge in [0, 0.05) is 18.2 Å². The van der Waals surface area contributed by atoms with Crippen LogP contribution in [-0.4, -0.2) is 38.8 Å². The summed E-state index contributed by atoms with van der Waals surface area (Å²) in [6.07, 6.45) is 2.14. The summed E-state index contributed by atoms with van der Waals surface area (Å²) in [5.41, 5.74) is 4.31. The molecule has 0 amide bonds. The van der Waals surface area contributed by atoms with E-state index in [-0.39, 0.29) is 12.0 Å². The predicted octanol–water partition coefficient (Wildman–Crippen LogP) is 3.27. The smallest absolute Gasteiger partial charge is 0.340 e. The van der Waals surface area contributed by atoms with Gasteiger partial charge in [0.15, 0.2) is 0 Å². The molecule has 2 atom stereocenters. The van der Waals surface area contributed by atoms with Crippen molar-refractivity contribution in [3.05, 3.63) is 64.8 Å². The van der Waals surface area contributed by atoms with Crippen LogP contribution in [0.2, 0.25) is 0 Å². The van der Waals surface area contributed by atoms with Crippen LogP contribution in [-0.2, 0) is 11.3 Å². The highest BCUT2D eigenvalue weighted by Crippen LogP contribution is 2.32. The highest BCUT2D eigenvalue weighted by atomic mass is 16.5. The van der Waals surface area contributed by atoms with E-state index in [1.165, 1.54) is 12.0 Å². The highest BCUT2D eigenvalue weighted by molar-refractivity contribution is 5.98. The van der Waals surface area contributed by atoms with Crippen molar-refractivity contribution in [3.8, 4) is 11.5 Å². The second-order valence-corrected chi connectivity index (χ2v) is 7.95. The number of esters is 1. The minimum Gasteiger partial charge on any atom is -0.497 e. The van der Waals surface area contributed by atoms with Crippen molar-refractivity contribution in [3.63, 3.8) is 0 Å². The quantitative estimate of drug-likeness (QED) is 0.619. The average molecular weight is 422 g/mol. The summed E-state index contributed by atoms with van der Waals surface area (Å²) in [5, 5.41) is 0.981. The van der Waals surface area contributed by atoms with Gasteiger partial charge in [0.05, 0.1) is 44.5 Å². The fourth-order valence-corrected chi connectivity index (χ4v) is 4.77. The van der Waals surface area contributed by atoms with Gasteiger partial charge in [-0.05, 0) is 36.8 Å². The number of methoxy groups -OCH3 is 3. The van der Waals surface area contributed by atoms with E-state index in [1.807, 2.05) is 43.3 Å². The lowest BCUT2D eigenvalue weighted by atomic mass is 10.00. The standard InChI is InChI=1S/C25H28N2O4/c1-16-18-8-5-6-9-20(18)26-21(24(16)25(28)31-4)15-27-13-7-10-22(27)19-14-17(29-2)11-12-23(19)30-3/h5-6,8-9,11-12,14,22H,7,10,13,15H2,1-4H3/p+1/t22-/m0/s1. The number of carbonyl (C=O) groups is 1. The number of pyridine rings is 1. The third kappa shape index (κ3) is 3.95. The fraction of sp³-hybridized carbons (Fsp3) is 0.360. The summed E-state index contributed by atoms with van der Waals surface area (Å²) in [4.78, 5) is 19.0. The Morgan fingerprint density at radius 3 is 2.68 bits per heavy atom. The lowest BCUT2D eigenvalue weighted by molar-refractivity contribution is -0.932. The molecule has 1 N–H and O–H groups in total. The third-order valence-corrected chi connectivity index (χ3v) is 6.31. The Kier molecular flexibility index (Phi) is 6.09. The van der Waals surface area contributed by atoms with Gasteiger partial charge < -0.3 is 19.1 Å². The third-order valence-electron chi connectivity index (χ3n) is 6.31. The number of fused-ring (bicyclic) bond motifs is 1. The van der Waals surface area contributed by atoms with Gasteiger partial charge >= 0.3 is 5.97 Å². The number of aryl methyl sites for hydroxylation is 1. The summed E-state index contributed by atoms with van der Waals surface area (Å²) >= 11 is 0. The summed E-state index contributed by atoms with van der Waals surface area (Å²) in [6, 6.07) is 14.1. The number of ether oxygens (including phenoxy) is 3. The molecule has 1 saturated heterocycles. The topological polar surface area (TPSA) is 62.1 Å². The van der Waals surface area contributed by atoms with Crippen LogP contribution in [0.1, 0.15) is 46.1 Å². The largest absolute Gasteiger partial charge is 0.497 e. The molecule has 2 heterocycles. The van der Waals surface area contributed by atoms with Gasteiger partial charge in [-0.25, -0.2) is 9.78 Å². The molecule has 31 heavy (non-hydrogen) atoms. The molecule has 0 spiro atoms. The Morgan fingerprint density at radius 1 is 1.13 bits per heavy atom. The molecule has 1 aromatic heterocycles. The van der Waals surface area contributed by atoms with Crippen LogP contribution in [0, 0.1) is 6.92 Å². The van der Waals surface area contributed by atoms with Crippen LogP contribution < -0.4 is 14.4 Å². The van der Waals surface area contributed by atoms with E-state index in [4.69, 9.17) is 19.2 Å². The molecule has 162 valence electrons. The maximum atomic E-state index is 12.7. The van der Waals surface area contributed by atoms with Gasteiger partial charge in [-0.2, -0.15) is 0 Å². The molecule has 3 aromatic rings. The van der Waals surface area contributed by atoms with Crippen molar-refractivity contribution in [2.45, 2.75) is 32.4 Å². The molecule has 0 radical (unpaired) electrons. The van der Waals surface area contributed by atoms with Crippen molar-refractivity contribution in [1.29, 1.82) is 0 Å². The van der Waals surface area contributed by atoms with E-state index in [0.717, 1.165) is 58.6 Å². The van der Waals surface area contributed by atoms with Crippen molar-refractivity contribution in [1.82, 2.24) is 4.98 Å². The maximum Gasteiger partial charge on any atom is 0.340 e. The van der Waals surface area contributed by atoms with Crippen LogP contribution >= 0.6 is 0 Å². The summed E-state index contributed by atoms with van der Waals surface area (Å²) in [7, 11) is 4.80. The van der Waals surface area contributed by atoms with Crippen LogP contribution in [0.25, 0.3) is 10.9 Å². The molecule has 1 unspecified atom stereocenters. The number of aromatic nitrogens is 1. The number of rotatable bonds is 6. The highest BCUT2D eigenvalue weighted by Gasteiger charge is 2.34. The Hall–Kier alpha value is -3.12. The number of likely N-dealkylation sites (tertiary alicyclic amines) is 1. The minimum atomic E-state index is -0.333. The fourth-order valence-electron chi connectivity index (χ4n) is 4.77. The average Bonchev–Trinajstić information content (AvgIpc) is 3.26. The number of hydrogen-bond donors (Lipinski definition) is 1. The molecule has 0 saturated carbocycles. The normalized spacial score (nSPS) is 18.2. The van der Waals surface area contributed by atoms with E-state index >= 15 is 0 Å². The van der Waals surface area contributed by atoms with Crippen molar-refractivity contribution >= 4 is 16.9 Å². The van der Waals surface area contributed by atoms with E-state index in [9.17, 15) is 4.79 Å². The number of benzene rings is 2. The number of nitrogens with zero attached hydrogens (tertiary/aromatic N) is 1. The van der Waals surface area contributed by atoms with Gasteiger partial charge in [-0.1, -0.05) is 18.2 Å². The second kappa shape index (κ2) is 8.94.